The van der Waals surface area contributed by atoms with Crippen LogP contribution in [-0.4, -0.2) is 18.7 Å². The summed E-state index contributed by atoms with van der Waals surface area (Å²) in [6, 6.07) is 21.2. The standard InChI is InChI=1S/C45H68O3/c1-4-6-8-10-11-12-13-14-15-16-17-18-19-20-21-23-35-47-44-34-33-42-36-40(29-32-43(42)37-44)26-25-39-27-30-41(31-28-39)45(46)48-38(3)24-22-9-7-5-2/h27-34,36-38H,4-26,35H2,1-3H3/t38-/m1/s1. The first-order valence-corrected chi connectivity index (χ1v) is 20.0. The van der Waals surface area contributed by atoms with Crippen LogP contribution in [0.5, 0.6) is 5.75 Å². The van der Waals surface area contributed by atoms with E-state index in [1.165, 1.54) is 137 Å². The van der Waals surface area contributed by atoms with E-state index >= 15 is 0 Å². The van der Waals surface area contributed by atoms with Gasteiger partial charge in [0.05, 0.1) is 18.3 Å². The Kier molecular flexibility index (Phi) is 20.8. The Balaban J connectivity index is 1.24. The van der Waals surface area contributed by atoms with Crippen molar-refractivity contribution in [2.24, 2.45) is 0 Å². The van der Waals surface area contributed by atoms with E-state index in [0.717, 1.165) is 44.5 Å². The molecule has 0 spiro atoms. The normalized spacial score (nSPS) is 12.0. The summed E-state index contributed by atoms with van der Waals surface area (Å²) in [6.07, 6.45) is 29.8. The van der Waals surface area contributed by atoms with Gasteiger partial charge in [0.15, 0.2) is 0 Å². The van der Waals surface area contributed by atoms with Crippen molar-refractivity contribution in [3.8, 4) is 5.75 Å². The maximum Gasteiger partial charge on any atom is 0.338 e. The zero-order valence-corrected chi connectivity index (χ0v) is 31.0. The van der Waals surface area contributed by atoms with Crippen LogP contribution < -0.4 is 4.74 Å². The SMILES string of the molecule is CCCCCCCCCCCCCCCCCCOc1ccc2cc(CCc3ccc(C(=O)O[C@H](C)CCCCCC)cc3)ccc2c1. The minimum absolute atomic E-state index is 0.0340. The summed E-state index contributed by atoms with van der Waals surface area (Å²) in [4.78, 5) is 12.5. The molecule has 0 N–H and O–H groups in total. The molecular formula is C45H68O3. The number of ether oxygens (including phenoxy) is 2. The zero-order valence-electron chi connectivity index (χ0n) is 31.0. The minimum atomic E-state index is -0.215. The molecular weight excluding hydrogens is 588 g/mol. The molecule has 0 aromatic heterocycles. The van der Waals surface area contributed by atoms with Gasteiger partial charge in [0.2, 0.25) is 0 Å². The van der Waals surface area contributed by atoms with E-state index in [2.05, 4.69) is 62.4 Å². The second kappa shape index (κ2) is 25.2. The smallest absolute Gasteiger partial charge is 0.338 e. The number of benzene rings is 3. The first-order valence-electron chi connectivity index (χ1n) is 20.0. The highest BCUT2D eigenvalue weighted by atomic mass is 16.5. The number of fused-ring (bicyclic) bond motifs is 1. The topological polar surface area (TPSA) is 35.5 Å². The van der Waals surface area contributed by atoms with Crippen molar-refractivity contribution in [3.63, 3.8) is 0 Å². The molecule has 266 valence electrons. The molecule has 0 aliphatic heterocycles. The molecule has 3 nitrogen and oxygen atoms in total. The molecule has 0 fully saturated rings. The van der Waals surface area contributed by atoms with Crippen LogP contribution in [0.4, 0.5) is 0 Å². The molecule has 0 aliphatic carbocycles. The molecule has 3 rings (SSSR count). The number of carbonyl (C=O) groups is 1. The highest BCUT2D eigenvalue weighted by Crippen LogP contribution is 2.24. The number of unbranched alkanes of at least 4 members (excludes halogenated alkanes) is 18. The predicted molar refractivity (Wildman–Crippen MR) is 206 cm³/mol. The summed E-state index contributed by atoms with van der Waals surface area (Å²) in [6.45, 7) is 7.30. The number of hydrogen-bond acceptors (Lipinski definition) is 3. The van der Waals surface area contributed by atoms with Crippen LogP contribution in [0.2, 0.25) is 0 Å². The maximum atomic E-state index is 12.5. The lowest BCUT2D eigenvalue weighted by atomic mass is 10.0. The summed E-state index contributed by atoms with van der Waals surface area (Å²) in [7, 11) is 0. The van der Waals surface area contributed by atoms with Crippen LogP contribution in [0, 0.1) is 0 Å². The third kappa shape index (κ3) is 17.0. The largest absolute Gasteiger partial charge is 0.494 e. The number of hydrogen-bond donors (Lipinski definition) is 0. The van der Waals surface area contributed by atoms with Crippen LogP contribution in [0.3, 0.4) is 0 Å². The lowest BCUT2D eigenvalue weighted by molar-refractivity contribution is 0.0319. The van der Waals surface area contributed by atoms with Gasteiger partial charge in [-0.25, -0.2) is 4.79 Å². The number of carbonyl (C=O) groups excluding carboxylic acids is 1. The second-order valence-electron chi connectivity index (χ2n) is 14.3. The predicted octanol–water partition coefficient (Wildman–Crippen LogP) is 13.8. The van der Waals surface area contributed by atoms with Crippen molar-refractivity contribution in [1.29, 1.82) is 0 Å². The molecule has 0 bridgehead atoms. The molecule has 3 aromatic carbocycles. The van der Waals surface area contributed by atoms with E-state index in [-0.39, 0.29) is 12.1 Å². The van der Waals surface area contributed by atoms with Crippen molar-refractivity contribution >= 4 is 16.7 Å². The number of esters is 1. The Labute approximate surface area is 294 Å². The Morgan fingerprint density at radius 1 is 0.542 bits per heavy atom. The van der Waals surface area contributed by atoms with Crippen molar-refractivity contribution in [2.45, 2.75) is 175 Å². The van der Waals surface area contributed by atoms with E-state index in [4.69, 9.17) is 9.47 Å². The van der Waals surface area contributed by atoms with Gasteiger partial charge in [-0.3, -0.25) is 0 Å². The highest BCUT2D eigenvalue weighted by molar-refractivity contribution is 5.89. The molecule has 0 amide bonds. The van der Waals surface area contributed by atoms with E-state index in [1.807, 2.05) is 19.1 Å². The van der Waals surface area contributed by atoms with Gasteiger partial charge in [-0.2, -0.15) is 0 Å². The maximum absolute atomic E-state index is 12.5. The summed E-state index contributed by atoms with van der Waals surface area (Å²) in [5.41, 5.74) is 3.19. The van der Waals surface area contributed by atoms with Crippen LogP contribution in [0.15, 0.2) is 60.7 Å². The fourth-order valence-electron chi connectivity index (χ4n) is 6.62. The molecule has 1 atom stereocenters. The van der Waals surface area contributed by atoms with Crippen LogP contribution >= 0.6 is 0 Å². The Bertz CT molecular complexity index is 1250. The fraction of sp³-hybridized carbons (Fsp3) is 0.622. The molecule has 0 radical (unpaired) electrons. The number of rotatable bonds is 28. The van der Waals surface area contributed by atoms with Gasteiger partial charge < -0.3 is 9.47 Å². The van der Waals surface area contributed by atoms with Gasteiger partial charge in [0.1, 0.15) is 5.75 Å². The molecule has 3 heteroatoms. The van der Waals surface area contributed by atoms with Crippen LogP contribution in [-0.2, 0) is 17.6 Å². The van der Waals surface area contributed by atoms with E-state index in [9.17, 15) is 4.79 Å². The lowest BCUT2D eigenvalue weighted by Crippen LogP contribution is -2.15. The van der Waals surface area contributed by atoms with Gasteiger partial charge >= 0.3 is 5.97 Å². The van der Waals surface area contributed by atoms with Crippen molar-refractivity contribution in [3.05, 3.63) is 77.4 Å². The monoisotopic (exact) mass is 657 g/mol. The van der Waals surface area contributed by atoms with Crippen molar-refractivity contribution in [1.82, 2.24) is 0 Å². The van der Waals surface area contributed by atoms with Crippen LogP contribution in [0.1, 0.15) is 177 Å². The van der Waals surface area contributed by atoms with Gasteiger partial charge in [0, 0.05) is 0 Å². The molecule has 3 aromatic rings. The lowest BCUT2D eigenvalue weighted by Gasteiger charge is -2.13. The zero-order chi connectivity index (χ0) is 34.1. The third-order valence-electron chi connectivity index (χ3n) is 9.81. The molecule has 0 heterocycles. The molecule has 0 aliphatic rings. The Morgan fingerprint density at radius 3 is 1.62 bits per heavy atom. The third-order valence-corrected chi connectivity index (χ3v) is 9.81. The Hall–Kier alpha value is -2.81. The highest BCUT2D eigenvalue weighted by Gasteiger charge is 2.12. The van der Waals surface area contributed by atoms with E-state index in [0.29, 0.717) is 5.56 Å². The molecule has 48 heavy (non-hydrogen) atoms. The molecule has 0 unspecified atom stereocenters. The van der Waals surface area contributed by atoms with Gasteiger partial charge in [-0.05, 0) is 85.2 Å². The first-order chi connectivity index (χ1) is 23.6. The summed E-state index contributed by atoms with van der Waals surface area (Å²) >= 11 is 0. The summed E-state index contributed by atoms with van der Waals surface area (Å²) in [5, 5.41) is 2.48. The van der Waals surface area contributed by atoms with Gasteiger partial charge in [0.25, 0.3) is 0 Å². The minimum Gasteiger partial charge on any atom is -0.494 e. The number of aryl methyl sites for hydroxylation is 2. The molecule has 0 saturated heterocycles. The fourth-order valence-corrected chi connectivity index (χ4v) is 6.62. The first kappa shape index (κ1) is 39.6. The van der Waals surface area contributed by atoms with Gasteiger partial charge in [-0.1, -0.05) is 166 Å². The van der Waals surface area contributed by atoms with E-state index in [1.54, 1.807) is 0 Å². The van der Waals surface area contributed by atoms with E-state index < -0.39 is 0 Å². The van der Waals surface area contributed by atoms with Gasteiger partial charge in [-0.15, -0.1) is 0 Å². The van der Waals surface area contributed by atoms with Crippen molar-refractivity contribution < 1.29 is 14.3 Å². The van der Waals surface area contributed by atoms with Crippen LogP contribution in [0.25, 0.3) is 10.8 Å². The Morgan fingerprint density at radius 2 is 1.02 bits per heavy atom. The summed E-state index contributed by atoms with van der Waals surface area (Å²) < 4.78 is 11.8. The molecule has 0 saturated carbocycles. The average Bonchev–Trinajstić information content (AvgIpc) is 3.10. The van der Waals surface area contributed by atoms with Crippen molar-refractivity contribution in [2.75, 3.05) is 6.61 Å². The average molecular weight is 657 g/mol. The quantitative estimate of drug-likeness (QED) is 0.0576. The summed E-state index contributed by atoms with van der Waals surface area (Å²) in [5.74, 6) is 0.758. The second-order valence-corrected chi connectivity index (χ2v) is 14.3.